The van der Waals surface area contributed by atoms with Crippen LogP contribution in [0.1, 0.15) is 16.8 Å². The summed E-state index contributed by atoms with van der Waals surface area (Å²) in [4.78, 5) is 12.2. The van der Waals surface area contributed by atoms with Gasteiger partial charge in [-0.15, -0.1) is 11.6 Å². The molecule has 0 fully saturated rings. The molecule has 0 saturated heterocycles. The Morgan fingerprint density at radius 1 is 1.47 bits per heavy atom. The van der Waals surface area contributed by atoms with Crippen molar-refractivity contribution in [3.8, 4) is 0 Å². The zero-order valence-corrected chi connectivity index (χ0v) is 11.4. The molecule has 1 heterocycles. The first-order valence-corrected chi connectivity index (χ1v) is 6.61. The maximum Gasteiger partial charge on any atom is 0.255 e. The molecule has 1 atom stereocenters. The van der Waals surface area contributed by atoms with Crippen LogP contribution >= 0.6 is 11.6 Å². The van der Waals surface area contributed by atoms with Gasteiger partial charge in [-0.25, -0.2) is 0 Å². The van der Waals surface area contributed by atoms with Gasteiger partial charge in [0.2, 0.25) is 0 Å². The summed E-state index contributed by atoms with van der Waals surface area (Å²) in [7, 11) is 1.60. The monoisotopic (exact) mass is 281 g/mol. The Bertz CT molecular complexity index is 546. The van der Waals surface area contributed by atoms with Gasteiger partial charge in [-0.3, -0.25) is 4.79 Å². The summed E-state index contributed by atoms with van der Waals surface area (Å²) in [6.45, 7) is 0.439. The molecule has 1 amide bonds. The van der Waals surface area contributed by atoms with Crippen molar-refractivity contribution in [2.45, 2.75) is 12.5 Å². The molecule has 1 N–H and O–H groups in total. The first-order chi connectivity index (χ1) is 9.26. The molecule has 0 aliphatic carbocycles. The number of furan rings is 1. The topological polar surface area (TPSA) is 51.5 Å². The third-order valence-electron chi connectivity index (χ3n) is 2.89. The quantitative estimate of drug-likeness (QED) is 0.829. The number of rotatable bonds is 6. The maximum absolute atomic E-state index is 12.2. The van der Waals surface area contributed by atoms with Crippen LogP contribution in [0.4, 0.5) is 0 Å². The minimum atomic E-state index is -0.169. The standard InChI is InChI=1S/C14H16ClNO3/c1-18-8-10(6-7-15)16-14(17)12-9-19-13-5-3-2-4-11(12)13/h2-5,9-10H,6-8H2,1H3,(H,16,17). The summed E-state index contributed by atoms with van der Waals surface area (Å²) in [5.41, 5.74) is 1.24. The molecular formula is C14H16ClNO3. The lowest BCUT2D eigenvalue weighted by Crippen LogP contribution is -2.38. The molecule has 0 spiro atoms. The zero-order chi connectivity index (χ0) is 13.7. The normalized spacial score (nSPS) is 12.5. The van der Waals surface area contributed by atoms with Gasteiger partial charge < -0.3 is 14.5 Å². The summed E-state index contributed by atoms with van der Waals surface area (Å²) in [5.74, 6) is 0.303. The highest BCUT2D eigenvalue weighted by molar-refractivity contribution is 6.17. The lowest BCUT2D eigenvalue weighted by atomic mass is 10.1. The Morgan fingerprint density at radius 2 is 2.26 bits per heavy atom. The van der Waals surface area contributed by atoms with E-state index in [9.17, 15) is 4.79 Å². The average molecular weight is 282 g/mol. The van der Waals surface area contributed by atoms with Gasteiger partial charge in [0.1, 0.15) is 11.8 Å². The van der Waals surface area contributed by atoms with Gasteiger partial charge in [-0.05, 0) is 12.5 Å². The number of methoxy groups -OCH3 is 1. The second-order valence-electron chi connectivity index (χ2n) is 4.25. The first-order valence-electron chi connectivity index (χ1n) is 6.08. The molecule has 4 nitrogen and oxygen atoms in total. The zero-order valence-electron chi connectivity index (χ0n) is 10.7. The van der Waals surface area contributed by atoms with Crippen molar-refractivity contribution in [1.82, 2.24) is 5.32 Å². The fraction of sp³-hybridized carbons (Fsp3) is 0.357. The van der Waals surface area contributed by atoms with E-state index < -0.39 is 0 Å². The van der Waals surface area contributed by atoms with Crippen LogP contribution in [0.5, 0.6) is 0 Å². The van der Waals surface area contributed by atoms with Crippen molar-refractivity contribution < 1.29 is 13.9 Å². The van der Waals surface area contributed by atoms with Crippen LogP contribution in [-0.4, -0.2) is 31.5 Å². The summed E-state index contributed by atoms with van der Waals surface area (Å²) >= 11 is 5.71. The van der Waals surface area contributed by atoms with Crippen molar-refractivity contribution in [1.29, 1.82) is 0 Å². The van der Waals surface area contributed by atoms with E-state index in [2.05, 4.69) is 5.32 Å². The maximum atomic E-state index is 12.2. The molecule has 1 aromatic heterocycles. The number of amides is 1. The minimum absolute atomic E-state index is 0.0938. The lowest BCUT2D eigenvalue weighted by molar-refractivity contribution is 0.0896. The van der Waals surface area contributed by atoms with E-state index in [1.165, 1.54) is 6.26 Å². The smallest absolute Gasteiger partial charge is 0.255 e. The number of benzene rings is 1. The molecule has 0 aliphatic heterocycles. The summed E-state index contributed by atoms with van der Waals surface area (Å²) in [5, 5.41) is 3.71. The number of ether oxygens (including phenoxy) is 1. The van der Waals surface area contributed by atoms with Crippen LogP contribution in [0, 0.1) is 0 Å². The summed E-state index contributed by atoms with van der Waals surface area (Å²) in [6, 6.07) is 7.34. The van der Waals surface area contributed by atoms with Crippen LogP contribution in [0.2, 0.25) is 0 Å². The predicted molar refractivity (Wildman–Crippen MR) is 74.7 cm³/mol. The minimum Gasteiger partial charge on any atom is -0.463 e. The molecule has 2 aromatic rings. The fourth-order valence-corrected chi connectivity index (χ4v) is 2.21. The van der Waals surface area contributed by atoms with Gasteiger partial charge in [-0.1, -0.05) is 18.2 Å². The van der Waals surface area contributed by atoms with E-state index in [-0.39, 0.29) is 11.9 Å². The van der Waals surface area contributed by atoms with Gasteiger partial charge in [-0.2, -0.15) is 0 Å². The molecule has 19 heavy (non-hydrogen) atoms. The fourth-order valence-electron chi connectivity index (χ4n) is 1.95. The summed E-state index contributed by atoms with van der Waals surface area (Å²) < 4.78 is 10.4. The third-order valence-corrected chi connectivity index (χ3v) is 3.10. The van der Waals surface area contributed by atoms with Crippen LogP contribution in [0.25, 0.3) is 11.0 Å². The molecule has 0 aliphatic rings. The van der Waals surface area contributed by atoms with E-state index in [4.69, 9.17) is 20.8 Å². The molecule has 0 bridgehead atoms. The van der Waals surface area contributed by atoms with Crippen molar-refractivity contribution in [2.75, 3.05) is 19.6 Å². The highest BCUT2D eigenvalue weighted by Gasteiger charge is 2.17. The lowest BCUT2D eigenvalue weighted by Gasteiger charge is -2.16. The van der Waals surface area contributed by atoms with Gasteiger partial charge >= 0.3 is 0 Å². The SMILES string of the molecule is COCC(CCCl)NC(=O)c1coc2ccccc12. The number of hydrogen-bond acceptors (Lipinski definition) is 3. The Morgan fingerprint density at radius 3 is 3.00 bits per heavy atom. The molecule has 0 radical (unpaired) electrons. The predicted octanol–water partition coefficient (Wildman–Crippen LogP) is 2.81. The number of alkyl halides is 1. The largest absolute Gasteiger partial charge is 0.463 e. The van der Waals surface area contributed by atoms with Gasteiger partial charge in [0.25, 0.3) is 5.91 Å². The highest BCUT2D eigenvalue weighted by atomic mass is 35.5. The molecule has 5 heteroatoms. The van der Waals surface area contributed by atoms with Gasteiger partial charge in [0, 0.05) is 18.4 Å². The van der Waals surface area contributed by atoms with Crippen LogP contribution < -0.4 is 5.32 Å². The number of halogens is 1. The van der Waals surface area contributed by atoms with E-state index in [0.29, 0.717) is 30.1 Å². The number of hydrogen-bond donors (Lipinski definition) is 1. The van der Waals surface area contributed by atoms with Crippen LogP contribution in [0.3, 0.4) is 0 Å². The van der Waals surface area contributed by atoms with E-state index >= 15 is 0 Å². The Hall–Kier alpha value is -1.52. The Labute approximate surface area is 116 Å². The number of nitrogens with one attached hydrogen (secondary N) is 1. The van der Waals surface area contributed by atoms with Crippen LogP contribution in [-0.2, 0) is 4.74 Å². The van der Waals surface area contributed by atoms with Crippen molar-refractivity contribution >= 4 is 28.5 Å². The van der Waals surface area contributed by atoms with Crippen molar-refractivity contribution in [2.24, 2.45) is 0 Å². The third kappa shape index (κ3) is 3.28. The van der Waals surface area contributed by atoms with Gasteiger partial charge in [0.15, 0.2) is 0 Å². The van der Waals surface area contributed by atoms with Crippen LogP contribution in [0.15, 0.2) is 34.9 Å². The summed E-state index contributed by atoms with van der Waals surface area (Å²) in [6.07, 6.45) is 2.14. The number of fused-ring (bicyclic) bond motifs is 1. The van der Waals surface area contributed by atoms with E-state index in [1.54, 1.807) is 7.11 Å². The van der Waals surface area contributed by atoms with Crippen molar-refractivity contribution in [3.05, 3.63) is 36.1 Å². The molecule has 0 saturated carbocycles. The first kappa shape index (κ1) is 13.9. The molecule has 2 rings (SSSR count). The van der Waals surface area contributed by atoms with E-state index in [0.717, 1.165) is 5.39 Å². The number of carbonyl (C=O) groups excluding carboxylic acids is 1. The van der Waals surface area contributed by atoms with E-state index in [1.807, 2.05) is 24.3 Å². The Balaban J connectivity index is 2.14. The molecule has 1 aromatic carbocycles. The molecule has 1 unspecified atom stereocenters. The second-order valence-corrected chi connectivity index (χ2v) is 4.63. The average Bonchev–Trinajstić information content (AvgIpc) is 2.83. The molecule has 102 valence electrons. The van der Waals surface area contributed by atoms with Crippen molar-refractivity contribution in [3.63, 3.8) is 0 Å². The highest BCUT2D eigenvalue weighted by Crippen LogP contribution is 2.20. The second kappa shape index (κ2) is 6.59. The molecular weight excluding hydrogens is 266 g/mol. The Kier molecular flexibility index (Phi) is 4.82. The number of carbonyl (C=O) groups is 1. The van der Waals surface area contributed by atoms with Gasteiger partial charge in [0.05, 0.1) is 18.2 Å². The number of para-hydroxylation sites is 1.